The standard InChI is InChI=1S/C14H20N4O2/c1-2-20-14(19)13(16-10-11-17-18-15)9-8-12-6-4-3-5-7-12/h3-7,13,16H,2,8-11H2,1H3. The number of nitrogens with zero attached hydrogens (tertiary/aromatic N) is 3. The van der Waals surface area contributed by atoms with Gasteiger partial charge in [0.1, 0.15) is 6.04 Å². The van der Waals surface area contributed by atoms with Crippen LogP contribution in [0.4, 0.5) is 0 Å². The van der Waals surface area contributed by atoms with E-state index in [0.717, 1.165) is 6.42 Å². The number of carbonyl (C=O) groups is 1. The Kier molecular flexibility index (Phi) is 7.87. The summed E-state index contributed by atoms with van der Waals surface area (Å²) in [5, 5.41) is 6.50. The van der Waals surface area contributed by atoms with Crippen LogP contribution >= 0.6 is 0 Å². The number of hydrogen-bond donors (Lipinski definition) is 1. The molecule has 1 rings (SSSR count). The zero-order chi connectivity index (χ0) is 14.6. The summed E-state index contributed by atoms with van der Waals surface area (Å²) >= 11 is 0. The van der Waals surface area contributed by atoms with Gasteiger partial charge in [-0.3, -0.25) is 4.79 Å². The van der Waals surface area contributed by atoms with Crippen LogP contribution in [0, 0.1) is 0 Å². The molecule has 0 aliphatic rings. The molecule has 0 heterocycles. The predicted molar refractivity (Wildman–Crippen MR) is 77.2 cm³/mol. The predicted octanol–water partition coefficient (Wildman–Crippen LogP) is 2.45. The van der Waals surface area contributed by atoms with E-state index in [1.165, 1.54) is 5.56 Å². The van der Waals surface area contributed by atoms with Crippen molar-refractivity contribution in [3.63, 3.8) is 0 Å². The van der Waals surface area contributed by atoms with Crippen LogP contribution in [0.15, 0.2) is 35.4 Å². The van der Waals surface area contributed by atoms with Crippen molar-refractivity contribution >= 4 is 5.97 Å². The van der Waals surface area contributed by atoms with Crippen LogP contribution in [0.3, 0.4) is 0 Å². The van der Waals surface area contributed by atoms with Crippen molar-refractivity contribution in [3.05, 3.63) is 46.3 Å². The molecule has 1 atom stereocenters. The monoisotopic (exact) mass is 276 g/mol. The molecule has 0 bridgehead atoms. The summed E-state index contributed by atoms with van der Waals surface area (Å²) < 4.78 is 5.04. The molecule has 0 aromatic heterocycles. The van der Waals surface area contributed by atoms with Gasteiger partial charge in [-0.05, 0) is 30.9 Å². The lowest BCUT2D eigenvalue weighted by Crippen LogP contribution is -2.39. The van der Waals surface area contributed by atoms with E-state index in [0.29, 0.717) is 26.1 Å². The van der Waals surface area contributed by atoms with Crippen molar-refractivity contribution in [1.82, 2.24) is 5.32 Å². The first-order chi connectivity index (χ1) is 9.77. The number of ether oxygens (including phenoxy) is 1. The molecule has 0 aliphatic heterocycles. The van der Waals surface area contributed by atoms with Gasteiger partial charge in [0, 0.05) is 18.0 Å². The molecule has 1 aromatic rings. The Morgan fingerprint density at radius 1 is 1.45 bits per heavy atom. The first kappa shape index (κ1) is 16.0. The largest absolute Gasteiger partial charge is 0.465 e. The third-order valence-corrected chi connectivity index (χ3v) is 2.80. The zero-order valence-electron chi connectivity index (χ0n) is 11.7. The second-order valence-corrected chi connectivity index (χ2v) is 4.24. The van der Waals surface area contributed by atoms with Crippen molar-refractivity contribution in [1.29, 1.82) is 0 Å². The molecule has 0 amide bonds. The van der Waals surface area contributed by atoms with Gasteiger partial charge >= 0.3 is 5.97 Å². The molecule has 1 unspecified atom stereocenters. The van der Waals surface area contributed by atoms with Gasteiger partial charge in [-0.15, -0.1) is 0 Å². The van der Waals surface area contributed by atoms with Crippen molar-refractivity contribution in [2.24, 2.45) is 5.11 Å². The van der Waals surface area contributed by atoms with Gasteiger partial charge in [0.05, 0.1) is 6.61 Å². The van der Waals surface area contributed by atoms with Crippen LogP contribution in [0.1, 0.15) is 18.9 Å². The van der Waals surface area contributed by atoms with Crippen LogP contribution in [0.25, 0.3) is 10.4 Å². The highest BCUT2D eigenvalue weighted by molar-refractivity contribution is 5.75. The van der Waals surface area contributed by atoms with Crippen LogP contribution in [0.2, 0.25) is 0 Å². The molecule has 6 nitrogen and oxygen atoms in total. The van der Waals surface area contributed by atoms with Gasteiger partial charge in [0.2, 0.25) is 0 Å². The molecule has 1 N–H and O–H groups in total. The maximum absolute atomic E-state index is 11.8. The fourth-order valence-electron chi connectivity index (χ4n) is 1.84. The summed E-state index contributed by atoms with van der Waals surface area (Å²) in [6.45, 7) is 2.92. The number of esters is 1. The molecule has 20 heavy (non-hydrogen) atoms. The average Bonchev–Trinajstić information content (AvgIpc) is 2.47. The highest BCUT2D eigenvalue weighted by atomic mass is 16.5. The number of rotatable bonds is 9. The highest BCUT2D eigenvalue weighted by Crippen LogP contribution is 2.06. The Hall–Kier alpha value is -2.04. The van der Waals surface area contributed by atoms with Gasteiger partial charge in [-0.25, -0.2) is 0 Å². The van der Waals surface area contributed by atoms with Crippen LogP contribution in [-0.4, -0.2) is 31.7 Å². The summed E-state index contributed by atoms with van der Waals surface area (Å²) in [6.07, 6.45) is 1.44. The lowest BCUT2D eigenvalue weighted by atomic mass is 10.1. The molecule has 0 aliphatic carbocycles. The van der Waals surface area contributed by atoms with Crippen molar-refractivity contribution < 1.29 is 9.53 Å². The minimum atomic E-state index is -0.371. The van der Waals surface area contributed by atoms with Crippen LogP contribution < -0.4 is 5.32 Å². The Morgan fingerprint density at radius 3 is 2.85 bits per heavy atom. The number of carbonyl (C=O) groups excluding carboxylic acids is 1. The van der Waals surface area contributed by atoms with Gasteiger partial charge in [0.15, 0.2) is 0 Å². The van der Waals surface area contributed by atoms with Gasteiger partial charge in [-0.1, -0.05) is 35.4 Å². The fraction of sp³-hybridized carbons (Fsp3) is 0.500. The Bertz CT molecular complexity index is 444. The molecule has 6 heteroatoms. The third kappa shape index (κ3) is 6.22. The smallest absolute Gasteiger partial charge is 0.323 e. The molecule has 0 saturated carbocycles. The highest BCUT2D eigenvalue weighted by Gasteiger charge is 2.18. The average molecular weight is 276 g/mol. The molecule has 0 fully saturated rings. The normalized spacial score (nSPS) is 11.4. The van der Waals surface area contributed by atoms with Crippen molar-refractivity contribution in [2.75, 3.05) is 19.7 Å². The number of benzene rings is 1. The first-order valence-electron chi connectivity index (χ1n) is 6.72. The summed E-state index contributed by atoms with van der Waals surface area (Å²) in [7, 11) is 0. The molecule has 108 valence electrons. The number of nitrogens with one attached hydrogen (secondary N) is 1. The Labute approximate surface area is 118 Å². The topological polar surface area (TPSA) is 87.1 Å². The summed E-state index contributed by atoms with van der Waals surface area (Å²) in [5.41, 5.74) is 9.40. The lowest BCUT2D eigenvalue weighted by molar-refractivity contribution is -0.145. The zero-order valence-corrected chi connectivity index (χ0v) is 11.7. The van der Waals surface area contributed by atoms with Gasteiger partial charge in [0.25, 0.3) is 0 Å². The van der Waals surface area contributed by atoms with E-state index < -0.39 is 0 Å². The van der Waals surface area contributed by atoms with E-state index in [2.05, 4.69) is 15.3 Å². The van der Waals surface area contributed by atoms with E-state index in [4.69, 9.17) is 10.3 Å². The summed E-state index contributed by atoms with van der Waals surface area (Å²) in [5.74, 6) is -0.260. The van der Waals surface area contributed by atoms with E-state index in [9.17, 15) is 4.79 Å². The molecule has 0 spiro atoms. The lowest BCUT2D eigenvalue weighted by Gasteiger charge is -2.16. The third-order valence-electron chi connectivity index (χ3n) is 2.80. The SMILES string of the molecule is CCOC(=O)C(CCc1ccccc1)NCCN=[N+]=[N-]. The molecule has 1 aromatic carbocycles. The second-order valence-electron chi connectivity index (χ2n) is 4.24. The summed E-state index contributed by atoms with van der Waals surface area (Å²) in [6, 6.07) is 9.60. The van der Waals surface area contributed by atoms with E-state index in [-0.39, 0.29) is 12.0 Å². The Morgan fingerprint density at radius 2 is 2.20 bits per heavy atom. The quantitative estimate of drug-likeness (QED) is 0.247. The molecule has 0 saturated heterocycles. The van der Waals surface area contributed by atoms with Gasteiger partial charge in [-0.2, -0.15) is 0 Å². The number of hydrogen-bond acceptors (Lipinski definition) is 4. The Balaban J connectivity index is 2.48. The van der Waals surface area contributed by atoms with E-state index in [1.54, 1.807) is 6.92 Å². The van der Waals surface area contributed by atoms with Crippen LogP contribution in [-0.2, 0) is 16.0 Å². The van der Waals surface area contributed by atoms with E-state index >= 15 is 0 Å². The number of aryl methyl sites for hydroxylation is 1. The van der Waals surface area contributed by atoms with Gasteiger partial charge < -0.3 is 10.1 Å². The van der Waals surface area contributed by atoms with Crippen molar-refractivity contribution in [2.45, 2.75) is 25.8 Å². The summed E-state index contributed by atoms with van der Waals surface area (Å²) in [4.78, 5) is 14.5. The fourth-order valence-corrected chi connectivity index (χ4v) is 1.84. The van der Waals surface area contributed by atoms with Crippen molar-refractivity contribution in [3.8, 4) is 0 Å². The molecule has 0 radical (unpaired) electrons. The minimum absolute atomic E-state index is 0.260. The maximum Gasteiger partial charge on any atom is 0.323 e. The first-order valence-corrected chi connectivity index (χ1v) is 6.72. The second kappa shape index (κ2) is 9.83. The van der Waals surface area contributed by atoms with Crippen LogP contribution in [0.5, 0.6) is 0 Å². The molecular formula is C14H20N4O2. The van der Waals surface area contributed by atoms with E-state index in [1.807, 2.05) is 30.3 Å². The molecular weight excluding hydrogens is 256 g/mol. The minimum Gasteiger partial charge on any atom is -0.465 e. The number of azide groups is 1. The maximum atomic E-state index is 11.8.